The second-order valence-corrected chi connectivity index (χ2v) is 5.56. The van der Waals surface area contributed by atoms with Crippen molar-refractivity contribution in [3.8, 4) is 0 Å². The summed E-state index contributed by atoms with van der Waals surface area (Å²) in [5.74, 6) is 0.346. The smallest absolute Gasteiger partial charge is 0.244 e. The van der Waals surface area contributed by atoms with Crippen LogP contribution in [0.2, 0.25) is 0 Å². The number of guanidine groups is 1. The second-order valence-electron chi connectivity index (χ2n) is 5.56. The lowest BCUT2D eigenvalue weighted by Gasteiger charge is -2.17. The fourth-order valence-electron chi connectivity index (χ4n) is 2.54. The van der Waals surface area contributed by atoms with Gasteiger partial charge in [0.1, 0.15) is 6.54 Å². The second kappa shape index (κ2) is 9.46. The number of nitrogens with two attached hydrogens (primary N) is 1. The molecule has 6 heteroatoms. The topological polar surface area (TPSA) is 70.7 Å². The number of likely N-dealkylation sites (N-methyl/N-ethyl adjacent to an activating group) is 1. The zero-order valence-electron chi connectivity index (χ0n) is 13.0. The fraction of sp³-hybridized carbons (Fsp3) is 0.500. The van der Waals surface area contributed by atoms with Crippen LogP contribution >= 0.6 is 17.0 Å². The first-order valence-corrected chi connectivity index (χ1v) is 7.49. The van der Waals surface area contributed by atoms with E-state index < -0.39 is 0 Å². The number of hydrogen-bond acceptors (Lipinski definition) is 2. The van der Waals surface area contributed by atoms with E-state index in [1.807, 2.05) is 30.3 Å². The summed E-state index contributed by atoms with van der Waals surface area (Å²) in [6.07, 6.45) is 4.75. The summed E-state index contributed by atoms with van der Waals surface area (Å²) in [6, 6.07) is 10.3. The molecule has 0 unspecified atom stereocenters. The van der Waals surface area contributed by atoms with Crippen molar-refractivity contribution in [2.75, 3.05) is 13.6 Å². The molecular weight excluding hydrogens is 344 g/mol. The molecule has 1 aliphatic rings. The Morgan fingerprint density at radius 2 is 1.95 bits per heavy atom. The van der Waals surface area contributed by atoms with Crippen molar-refractivity contribution in [2.45, 2.75) is 38.3 Å². The zero-order chi connectivity index (χ0) is 15.1. The number of carbonyl (C=O) groups is 1. The van der Waals surface area contributed by atoms with Gasteiger partial charge in [0.05, 0.1) is 0 Å². The molecule has 1 aromatic carbocycles. The van der Waals surface area contributed by atoms with Gasteiger partial charge in [-0.15, -0.1) is 17.0 Å². The largest absolute Gasteiger partial charge is 0.370 e. The highest BCUT2D eigenvalue weighted by Gasteiger charge is 2.15. The van der Waals surface area contributed by atoms with E-state index in [1.54, 1.807) is 11.9 Å². The molecule has 5 nitrogen and oxygen atoms in total. The molecule has 1 fully saturated rings. The van der Waals surface area contributed by atoms with Gasteiger partial charge in [0, 0.05) is 19.6 Å². The predicted octanol–water partition coefficient (Wildman–Crippen LogP) is 2.07. The molecule has 0 aromatic heterocycles. The zero-order valence-corrected chi connectivity index (χ0v) is 14.7. The van der Waals surface area contributed by atoms with Crippen molar-refractivity contribution < 1.29 is 4.79 Å². The van der Waals surface area contributed by atoms with Crippen LogP contribution < -0.4 is 11.1 Å². The predicted molar refractivity (Wildman–Crippen MR) is 95.1 cm³/mol. The minimum absolute atomic E-state index is 0. The van der Waals surface area contributed by atoms with E-state index in [4.69, 9.17) is 5.73 Å². The molecule has 2 rings (SSSR count). The van der Waals surface area contributed by atoms with Crippen LogP contribution in [0.3, 0.4) is 0 Å². The third-order valence-electron chi connectivity index (χ3n) is 3.78. The number of benzene rings is 1. The molecule has 0 spiro atoms. The standard InChI is InChI=1S/C16H24N4O.BrH/c1-20(12-13-7-3-2-4-8-13)15(21)11-18-16(17)19-14-9-5-6-10-14;/h2-4,7-8,14H,5-6,9-12H2,1H3,(H3,17,18,19);1H. The van der Waals surface area contributed by atoms with Crippen molar-refractivity contribution in [3.63, 3.8) is 0 Å². The third-order valence-corrected chi connectivity index (χ3v) is 3.78. The molecule has 0 bridgehead atoms. The maximum atomic E-state index is 12.0. The van der Waals surface area contributed by atoms with Crippen molar-refractivity contribution >= 4 is 28.8 Å². The molecule has 1 saturated carbocycles. The lowest BCUT2D eigenvalue weighted by molar-refractivity contribution is -0.128. The van der Waals surface area contributed by atoms with Gasteiger partial charge in [0.15, 0.2) is 5.96 Å². The highest BCUT2D eigenvalue weighted by molar-refractivity contribution is 8.93. The van der Waals surface area contributed by atoms with Crippen LogP contribution in [0.1, 0.15) is 31.2 Å². The van der Waals surface area contributed by atoms with Crippen LogP contribution in [0.25, 0.3) is 0 Å². The van der Waals surface area contributed by atoms with Crippen molar-refractivity contribution in [2.24, 2.45) is 10.7 Å². The van der Waals surface area contributed by atoms with Crippen LogP contribution in [-0.4, -0.2) is 36.4 Å². The molecule has 0 radical (unpaired) electrons. The van der Waals surface area contributed by atoms with Gasteiger partial charge in [0.25, 0.3) is 0 Å². The van der Waals surface area contributed by atoms with Crippen LogP contribution in [0.15, 0.2) is 35.3 Å². The summed E-state index contributed by atoms with van der Waals surface area (Å²) in [6.45, 7) is 0.681. The average molecular weight is 369 g/mol. The van der Waals surface area contributed by atoms with Crippen molar-refractivity contribution in [1.82, 2.24) is 10.2 Å². The normalized spacial score (nSPS) is 15.2. The van der Waals surface area contributed by atoms with Gasteiger partial charge < -0.3 is 16.0 Å². The Bertz CT molecular complexity index is 486. The molecule has 122 valence electrons. The van der Waals surface area contributed by atoms with Gasteiger partial charge in [-0.2, -0.15) is 0 Å². The average Bonchev–Trinajstić information content (AvgIpc) is 2.98. The summed E-state index contributed by atoms with van der Waals surface area (Å²) in [7, 11) is 1.78. The molecule has 0 aliphatic heterocycles. The van der Waals surface area contributed by atoms with E-state index in [9.17, 15) is 4.79 Å². The number of carbonyl (C=O) groups excluding carboxylic acids is 1. The fourth-order valence-corrected chi connectivity index (χ4v) is 2.54. The molecule has 1 aromatic rings. The summed E-state index contributed by atoms with van der Waals surface area (Å²) in [5, 5.41) is 3.18. The molecule has 1 amide bonds. The van der Waals surface area contributed by atoms with E-state index in [1.165, 1.54) is 12.8 Å². The van der Waals surface area contributed by atoms with Gasteiger partial charge in [-0.25, -0.2) is 4.99 Å². The highest BCUT2D eigenvalue weighted by atomic mass is 79.9. The Kier molecular flexibility index (Phi) is 7.95. The number of amides is 1. The molecule has 0 saturated heterocycles. The van der Waals surface area contributed by atoms with E-state index in [0.717, 1.165) is 18.4 Å². The minimum atomic E-state index is -0.0324. The molecule has 0 atom stereocenters. The number of aliphatic imine (C=N–C) groups is 1. The third kappa shape index (κ3) is 6.05. The maximum absolute atomic E-state index is 12.0. The molecular formula is C16H25BrN4O. The summed E-state index contributed by atoms with van der Waals surface area (Å²) < 4.78 is 0. The van der Waals surface area contributed by atoms with E-state index in [0.29, 0.717) is 18.5 Å². The van der Waals surface area contributed by atoms with Gasteiger partial charge in [-0.1, -0.05) is 43.2 Å². The number of rotatable bonds is 5. The van der Waals surface area contributed by atoms with Gasteiger partial charge in [0.2, 0.25) is 5.91 Å². The highest BCUT2D eigenvalue weighted by Crippen LogP contribution is 2.17. The van der Waals surface area contributed by atoms with Crippen LogP contribution in [0.4, 0.5) is 0 Å². The first-order valence-electron chi connectivity index (χ1n) is 7.49. The number of hydrogen-bond donors (Lipinski definition) is 2. The lowest BCUT2D eigenvalue weighted by atomic mass is 10.2. The summed E-state index contributed by atoms with van der Waals surface area (Å²) >= 11 is 0. The minimum Gasteiger partial charge on any atom is -0.370 e. The summed E-state index contributed by atoms with van der Waals surface area (Å²) in [5.41, 5.74) is 6.93. The van der Waals surface area contributed by atoms with Gasteiger partial charge in [-0.3, -0.25) is 4.79 Å². The quantitative estimate of drug-likeness (QED) is 0.617. The Hall–Kier alpha value is -1.56. The Morgan fingerprint density at radius 1 is 1.32 bits per heavy atom. The van der Waals surface area contributed by atoms with Crippen LogP contribution in [-0.2, 0) is 11.3 Å². The van der Waals surface area contributed by atoms with Gasteiger partial charge in [-0.05, 0) is 18.4 Å². The Balaban J connectivity index is 0.00000242. The molecule has 1 aliphatic carbocycles. The Labute approximate surface area is 142 Å². The monoisotopic (exact) mass is 368 g/mol. The maximum Gasteiger partial charge on any atom is 0.244 e. The first-order chi connectivity index (χ1) is 10.1. The summed E-state index contributed by atoms with van der Waals surface area (Å²) in [4.78, 5) is 17.8. The van der Waals surface area contributed by atoms with Crippen LogP contribution in [0, 0.1) is 0 Å². The van der Waals surface area contributed by atoms with Crippen LogP contribution in [0.5, 0.6) is 0 Å². The number of nitrogens with one attached hydrogen (secondary N) is 1. The van der Waals surface area contributed by atoms with E-state index in [2.05, 4.69) is 10.3 Å². The SMILES string of the molecule is Br.CN(Cc1ccccc1)C(=O)CN=C(N)NC1CCCC1. The van der Waals surface area contributed by atoms with Gasteiger partial charge >= 0.3 is 0 Å². The molecule has 0 heterocycles. The van der Waals surface area contributed by atoms with E-state index in [-0.39, 0.29) is 29.4 Å². The lowest BCUT2D eigenvalue weighted by Crippen LogP contribution is -2.39. The first kappa shape index (κ1) is 18.5. The van der Waals surface area contributed by atoms with Crippen molar-refractivity contribution in [1.29, 1.82) is 0 Å². The number of nitrogens with zero attached hydrogens (tertiary/aromatic N) is 2. The molecule has 22 heavy (non-hydrogen) atoms. The number of halogens is 1. The Morgan fingerprint density at radius 3 is 2.59 bits per heavy atom. The molecule has 3 N–H and O–H groups in total. The van der Waals surface area contributed by atoms with Crippen molar-refractivity contribution in [3.05, 3.63) is 35.9 Å². The van der Waals surface area contributed by atoms with E-state index >= 15 is 0 Å².